The number of hydrogen-bond acceptors (Lipinski definition) is 7. The van der Waals surface area contributed by atoms with Gasteiger partial charge in [0.05, 0.1) is 12.5 Å². The molecule has 0 aromatic carbocycles. The zero-order valence-corrected chi connectivity index (χ0v) is 19.9. The summed E-state index contributed by atoms with van der Waals surface area (Å²) in [6, 6.07) is -4.78. The quantitative estimate of drug-likeness (QED) is 0.0695. The van der Waals surface area contributed by atoms with Crippen molar-refractivity contribution in [3.63, 3.8) is 0 Å². The number of guanidine groups is 1. The Morgan fingerprint density at radius 2 is 1.29 bits per heavy atom. The largest absolute Gasteiger partial charge is 0.481 e. The lowest BCUT2D eigenvalue weighted by molar-refractivity contribution is -0.142. The standard InChI is InChI=1S/C20H37N7O7/c1-9(2)14(17(31)25-12(19(33)34)6-5-7-24-20(22)23)27-18(32)15(10(3)4)26-16(30)11(21)8-13(28)29/h9-12,14-15H,5-8,21H2,1-4H3,(H,25,31)(H,26,30)(H,27,32)(H,28,29)(H,33,34)(H4,22,23,24). The fourth-order valence-electron chi connectivity index (χ4n) is 2.88. The smallest absolute Gasteiger partial charge is 0.326 e. The van der Waals surface area contributed by atoms with Crippen LogP contribution in [-0.2, 0) is 24.0 Å². The maximum absolute atomic E-state index is 12.9. The molecule has 34 heavy (non-hydrogen) atoms. The number of rotatable bonds is 15. The molecule has 0 spiro atoms. The van der Waals surface area contributed by atoms with Gasteiger partial charge in [-0.05, 0) is 24.7 Å². The van der Waals surface area contributed by atoms with Crippen LogP contribution in [0.4, 0.5) is 0 Å². The van der Waals surface area contributed by atoms with E-state index in [-0.39, 0.29) is 18.9 Å². The molecule has 194 valence electrons. The third kappa shape index (κ3) is 11.4. The molecule has 4 atom stereocenters. The molecular formula is C20H37N7O7. The van der Waals surface area contributed by atoms with Crippen molar-refractivity contribution in [2.45, 2.75) is 71.1 Å². The normalized spacial score (nSPS) is 14.4. The van der Waals surface area contributed by atoms with Crippen molar-refractivity contribution in [3.8, 4) is 0 Å². The van der Waals surface area contributed by atoms with E-state index in [0.717, 1.165) is 0 Å². The van der Waals surface area contributed by atoms with E-state index in [4.69, 9.17) is 22.3 Å². The number of carbonyl (C=O) groups excluding carboxylic acids is 3. The molecule has 0 bridgehead atoms. The van der Waals surface area contributed by atoms with E-state index in [1.165, 1.54) is 0 Å². The van der Waals surface area contributed by atoms with Crippen LogP contribution >= 0.6 is 0 Å². The Labute approximate surface area is 198 Å². The molecule has 0 aliphatic rings. The molecule has 0 saturated carbocycles. The molecule has 14 nitrogen and oxygen atoms in total. The summed E-state index contributed by atoms with van der Waals surface area (Å²) >= 11 is 0. The highest BCUT2D eigenvalue weighted by molar-refractivity contribution is 5.95. The average Bonchev–Trinajstić information content (AvgIpc) is 2.70. The first-order chi connectivity index (χ1) is 15.7. The summed E-state index contributed by atoms with van der Waals surface area (Å²) in [7, 11) is 0. The van der Waals surface area contributed by atoms with Gasteiger partial charge in [0, 0.05) is 6.54 Å². The molecular weight excluding hydrogens is 450 g/mol. The van der Waals surface area contributed by atoms with Gasteiger partial charge in [0.15, 0.2) is 5.96 Å². The molecule has 0 fully saturated rings. The maximum atomic E-state index is 12.9. The highest BCUT2D eigenvalue weighted by Crippen LogP contribution is 2.09. The number of nitrogens with one attached hydrogen (secondary N) is 3. The van der Waals surface area contributed by atoms with Gasteiger partial charge in [0.2, 0.25) is 17.7 Å². The van der Waals surface area contributed by atoms with E-state index in [9.17, 15) is 29.1 Å². The van der Waals surface area contributed by atoms with Crippen LogP contribution in [0.1, 0.15) is 47.0 Å². The maximum Gasteiger partial charge on any atom is 0.326 e. The Kier molecular flexibility index (Phi) is 13.2. The van der Waals surface area contributed by atoms with E-state index in [1.54, 1.807) is 27.7 Å². The number of nitrogens with zero attached hydrogens (tertiary/aromatic N) is 1. The van der Waals surface area contributed by atoms with Crippen molar-refractivity contribution in [3.05, 3.63) is 0 Å². The SMILES string of the molecule is CC(C)C(NC(=O)C(N)CC(=O)O)C(=O)NC(C(=O)NC(CCCN=C(N)N)C(=O)O)C(C)C. The van der Waals surface area contributed by atoms with Crippen LogP contribution in [0.2, 0.25) is 0 Å². The number of aliphatic imine (C=N–C) groups is 1. The lowest BCUT2D eigenvalue weighted by Crippen LogP contribution is -2.59. The van der Waals surface area contributed by atoms with Crippen molar-refractivity contribution in [1.82, 2.24) is 16.0 Å². The first kappa shape index (κ1) is 30.6. The minimum Gasteiger partial charge on any atom is -0.481 e. The van der Waals surface area contributed by atoms with E-state index in [1.807, 2.05) is 0 Å². The highest BCUT2D eigenvalue weighted by Gasteiger charge is 2.33. The van der Waals surface area contributed by atoms with Crippen LogP contribution in [0.5, 0.6) is 0 Å². The van der Waals surface area contributed by atoms with Crippen molar-refractivity contribution in [1.29, 1.82) is 0 Å². The second kappa shape index (κ2) is 14.7. The van der Waals surface area contributed by atoms with Crippen LogP contribution in [-0.4, -0.2) is 76.5 Å². The van der Waals surface area contributed by atoms with Crippen molar-refractivity contribution in [2.75, 3.05) is 6.54 Å². The van der Waals surface area contributed by atoms with Gasteiger partial charge >= 0.3 is 11.9 Å². The van der Waals surface area contributed by atoms with Gasteiger partial charge in [-0.15, -0.1) is 0 Å². The summed E-state index contributed by atoms with van der Waals surface area (Å²) in [6.07, 6.45) is -0.260. The summed E-state index contributed by atoms with van der Waals surface area (Å²) in [4.78, 5) is 63.9. The second-order valence-corrected chi connectivity index (χ2v) is 8.51. The minimum atomic E-state index is -1.36. The van der Waals surface area contributed by atoms with Crippen molar-refractivity contribution >= 4 is 35.6 Å². The number of carboxylic acids is 2. The van der Waals surface area contributed by atoms with E-state index < -0.39 is 72.1 Å². The lowest BCUT2D eigenvalue weighted by Gasteiger charge is -2.28. The molecule has 14 heteroatoms. The Morgan fingerprint density at radius 1 is 0.824 bits per heavy atom. The monoisotopic (exact) mass is 487 g/mol. The van der Waals surface area contributed by atoms with Gasteiger partial charge < -0.3 is 43.4 Å². The van der Waals surface area contributed by atoms with Gasteiger partial charge in [0.1, 0.15) is 18.1 Å². The molecule has 3 amide bonds. The Hall–Kier alpha value is -3.42. The molecule has 0 aliphatic carbocycles. The summed E-state index contributed by atoms with van der Waals surface area (Å²) in [5.74, 6) is -5.73. The Balaban J connectivity index is 5.31. The zero-order valence-electron chi connectivity index (χ0n) is 19.9. The van der Waals surface area contributed by atoms with Crippen LogP contribution in [0.3, 0.4) is 0 Å². The van der Waals surface area contributed by atoms with Gasteiger partial charge in [0.25, 0.3) is 0 Å². The Morgan fingerprint density at radius 3 is 1.71 bits per heavy atom. The lowest BCUT2D eigenvalue weighted by atomic mass is 9.98. The third-order valence-corrected chi connectivity index (χ3v) is 4.78. The van der Waals surface area contributed by atoms with Gasteiger partial charge in [-0.25, -0.2) is 4.79 Å². The topological polar surface area (TPSA) is 252 Å². The number of aliphatic carboxylic acids is 2. The minimum absolute atomic E-state index is 0.0583. The summed E-state index contributed by atoms with van der Waals surface area (Å²) in [6.45, 7) is 6.80. The molecule has 4 unspecified atom stereocenters. The average molecular weight is 488 g/mol. The van der Waals surface area contributed by atoms with Crippen molar-refractivity contribution in [2.24, 2.45) is 34.0 Å². The fraction of sp³-hybridized carbons (Fsp3) is 0.700. The molecule has 0 rings (SSSR count). The van der Waals surface area contributed by atoms with Gasteiger partial charge in [-0.1, -0.05) is 27.7 Å². The number of hydrogen-bond donors (Lipinski definition) is 8. The first-order valence-corrected chi connectivity index (χ1v) is 10.8. The third-order valence-electron chi connectivity index (χ3n) is 4.78. The molecule has 0 saturated heterocycles. The van der Waals surface area contributed by atoms with E-state index in [2.05, 4.69) is 20.9 Å². The first-order valence-electron chi connectivity index (χ1n) is 10.8. The highest BCUT2D eigenvalue weighted by atomic mass is 16.4. The van der Waals surface area contributed by atoms with Crippen molar-refractivity contribution < 1.29 is 34.2 Å². The molecule has 0 aromatic heterocycles. The van der Waals surface area contributed by atoms with Gasteiger partial charge in [-0.3, -0.25) is 24.2 Å². The van der Waals surface area contributed by atoms with Crippen LogP contribution < -0.4 is 33.2 Å². The number of amides is 3. The molecule has 0 radical (unpaired) electrons. The molecule has 0 heterocycles. The number of carbonyl (C=O) groups is 5. The number of carboxylic acid groups (broad SMARTS) is 2. The molecule has 0 aliphatic heterocycles. The predicted molar refractivity (Wildman–Crippen MR) is 123 cm³/mol. The van der Waals surface area contributed by atoms with Crippen LogP contribution in [0.15, 0.2) is 4.99 Å². The molecule has 0 aromatic rings. The summed E-state index contributed by atoms with van der Waals surface area (Å²) in [5, 5.41) is 25.6. The zero-order chi connectivity index (χ0) is 26.6. The van der Waals surface area contributed by atoms with Crippen LogP contribution in [0, 0.1) is 11.8 Å². The predicted octanol–water partition coefficient (Wildman–Crippen LogP) is -2.31. The van der Waals surface area contributed by atoms with Gasteiger partial charge in [-0.2, -0.15) is 0 Å². The molecule has 11 N–H and O–H groups in total. The van der Waals surface area contributed by atoms with Crippen LogP contribution in [0.25, 0.3) is 0 Å². The van der Waals surface area contributed by atoms with E-state index in [0.29, 0.717) is 6.42 Å². The second-order valence-electron chi connectivity index (χ2n) is 8.51. The number of nitrogens with two attached hydrogens (primary N) is 3. The van der Waals surface area contributed by atoms with E-state index >= 15 is 0 Å². The fourth-order valence-corrected chi connectivity index (χ4v) is 2.88. The summed E-state index contributed by atoms with van der Waals surface area (Å²) < 4.78 is 0. The Bertz CT molecular complexity index is 766. The summed E-state index contributed by atoms with van der Waals surface area (Å²) in [5.41, 5.74) is 16.0.